The highest BCUT2D eigenvalue weighted by Gasteiger charge is 2.21. The molecule has 45 heavy (non-hydrogen) atoms. The van der Waals surface area contributed by atoms with Gasteiger partial charge in [-0.05, 0) is 45.1 Å². The number of nitrogens with zero attached hydrogens (tertiary/aromatic N) is 1. The van der Waals surface area contributed by atoms with Gasteiger partial charge in [0.25, 0.3) is 0 Å². The number of ether oxygens (including phenoxy) is 1. The second-order valence-electron chi connectivity index (χ2n) is 13.3. The summed E-state index contributed by atoms with van der Waals surface area (Å²) in [6, 6.07) is 11.8. The molecule has 0 saturated heterocycles. The molecule has 0 radical (unpaired) electrons. The van der Waals surface area contributed by atoms with Crippen LogP contribution in [0, 0.1) is 0 Å². The summed E-state index contributed by atoms with van der Waals surface area (Å²) in [5.74, 6) is 1.65. The summed E-state index contributed by atoms with van der Waals surface area (Å²) >= 11 is 1.76. The zero-order valence-electron chi connectivity index (χ0n) is 28.7. The third-order valence-electron chi connectivity index (χ3n) is 7.83. The first-order valence-electron chi connectivity index (χ1n) is 17.5. The van der Waals surface area contributed by atoms with Gasteiger partial charge in [-0.15, -0.1) is 0 Å². The maximum Gasteiger partial charge on any atom is 0.407 e. The Hall–Kier alpha value is -1.84. The number of pyridine rings is 1. The minimum Gasteiger partial charge on any atom is -0.444 e. The number of rotatable bonds is 25. The van der Waals surface area contributed by atoms with Gasteiger partial charge in [-0.1, -0.05) is 103 Å². The van der Waals surface area contributed by atoms with E-state index in [2.05, 4.69) is 33.7 Å². The minimum absolute atomic E-state index is 0.0224. The van der Waals surface area contributed by atoms with Gasteiger partial charge in [-0.3, -0.25) is 0 Å². The fraction of sp³-hybridized carbons (Fsp3) is 0.722. The van der Waals surface area contributed by atoms with Crippen LogP contribution in [-0.4, -0.2) is 50.0 Å². The molecule has 0 fully saturated rings. The zero-order valence-corrected chi connectivity index (χ0v) is 30.3. The fourth-order valence-corrected chi connectivity index (χ4v) is 7.56. The van der Waals surface area contributed by atoms with Crippen LogP contribution in [0.15, 0.2) is 42.6 Å². The van der Waals surface area contributed by atoms with E-state index in [0.717, 1.165) is 23.1 Å². The average Bonchev–Trinajstić information content (AvgIpc) is 2.98. The lowest BCUT2D eigenvalue weighted by Crippen LogP contribution is -2.47. The quantitative estimate of drug-likeness (QED) is 0.0821. The number of carbonyl (C=O) groups is 1. The molecule has 256 valence electrons. The zero-order chi connectivity index (χ0) is 32.8. The van der Waals surface area contributed by atoms with Crippen molar-refractivity contribution in [2.75, 3.05) is 23.8 Å². The van der Waals surface area contributed by atoms with Gasteiger partial charge in [0.2, 0.25) is 15.5 Å². The van der Waals surface area contributed by atoms with Crippen molar-refractivity contribution in [2.24, 2.45) is 0 Å². The molecule has 0 aliphatic carbocycles. The summed E-state index contributed by atoms with van der Waals surface area (Å²) < 4.78 is 36.0. The van der Waals surface area contributed by atoms with Crippen LogP contribution in [0.5, 0.6) is 0 Å². The van der Waals surface area contributed by atoms with Crippen molar-refractivity contribution in [1.82, 2.24) is 10.0 Å². The van der Waals surface area contributed by atoms with Crippen molar-refractivity contribution in [3.8, 4) is 0 Å². The van der Waals surface area contributed by atoms with Gasteiger partial charge in [0, 0.05) is 36.2 Å². The highest BCUT2D eigenvalue weighted by molar-refractivity contribution is 7.99. The largest absolute Gasteiger partial charge is 0.444 e. The first-order chi connectivity index (χ1) is 21.6. The Morgan fingerprint density at radius 1 is 0.844 bits per heavy atom. The van der Waals surface area contributed by atoms with Crippen molar-refractivity contribution in [3.63, 3.8) is 0 Å². The molecule has 1 heterocycles. The lowest BCUT2D eigenvalue weighted by molar-refractivity contribution is -0.671. The van der Waals surface area contributed by atoms with E-state index in [1.165, 1.54) is 83.5 Å². The lowest BCUT2D eigenvalue weighted by Gasteiger charge is -2.24. The van der Waals surface area contributed by atoms with Crippen LogP contribution < -0.4 is 14.6 Å². The molecule has 1 aromatic carbocycles. The number of thioether (sulfide) groups is 1. The van der Waals surface area contributed by atoms with Gasteiger partial charge in [-0.2, -0.15) is 16.3 Å². The average molecular weight is 665 g/mol. The molecule has 0 aliphatic rings. The molecule has 7 nitrogen and oxygen atoms in total. The van der Waals surface area contributed by atoms with Crippen LogP contribution in [0.25, 0.3) is 10.9 Å². The number of alkyl carbamates (subject to hydrolysis) is 1. The van der Waals surface area contributed by atoms with E-state index < -0.39 is 21.7 Å². The van der Waals surface area contributed by atoms with Crippen LogP contribution in [0.2, 0.25) is 0 Å². The SMILES string of the molecule is CCCCCCCCCCCCCCCCSCC(CNS(=O)(=O)CCC[n+]1cccc2ccccc21)NC(=O)OC(C)(C)C. The predicted octanol–water partition coefficient (Wildman–Crippen LogP) is 8.54. The van der Waals surface area contributed by atoms with Crippen molar-refractivity contribution in [1.29, 1.82) is 0 Å². The Morgan fingerprint density at radius 2 is 1.42 bits per heavy atom. The Bertz CT molecular complexity index is 1180. The van der Waals surface area contributed by atoms with E-state index in [4.69, 9.17) is 4.74 Å². The molecule has 0 spiro atoms. The van der Waals surface area contributed by atoms with E-state index in [-0.39, 0.29) is 18.3 Å². The first-order valence-corrected chi connectivity index (χ1v) is 20.3. The maximum absolute atomic E-state index is 12.9. The number of fused-ring (bicyclic) bond motifs is 1. The van der Waals surface area contributed by atoms with Crippen LogP contribution >= 0.6 is 11.8 Å². The van der Waals surface area contributed by atoms with Crippen molar-refractivity contribution < 1.29 is 22.5 Å². The molecule has 1 atom stereocenters. The molecule has 1 unspecified atom stereocenters. The number of hydrogen-bond acceptors (Lipinski definition) is 5. The van der Waals surface area contributed by atoms with E-state index in [1.807, 2.05) is 51.2 Å². The number of aromatic nitrogens is 1. The Labute approximate surface area is 279 Å². The Morgan fingerprint density at radius 3 is 2.04 bits per heavy atom. The van der Waals surface area contributed by atoms with Crippen LogP contribution in [0.4, 0.5) is 4.79 Å². The maximum atomic E-state index is 12.9. The van der Waals surface area contributed by atoms with Gasteiger partial charge >= 0.3 is 6.09 Å². The molecule has 2 rings (SSSR count). The summed E-state index contributed by atoms with van der Waals surface area (Å²) in [5.41, 5.74) is 0.470. The molecule has 0 saturated carbocycles. The van der Waals surface area contributed by atoms with Gasteiger partial charge < -0.3 is 10.1 Å². The van der Waals surface area contributed by atoms with Crippen LogP contribution in [-0.2, 0) is 21.3 Å². The van der Waals surface area contributed by atoms with Gasteiger partial charge in [0.15, 0.2) is 6.20 Å². The number of benzene rings is 1. The molecule has 9 heteroatoms. The highest BCUT2D eigenvalue weighted by atomic mass is 32.2. The summed E-state index contributed by atoms with van der Waals surface area (Å²) in [7, 11) is -3.50. The molecule has 0 aliphatic heterocycles. The fourth-order valence-electron chi connectivity index (χ4n) is 5.39. The van der Waals surface area contributed by atoms with E-state index in [9.17, 15) is 13.2 Å². The molecule has 0 bridgehead atoms. The van der Waals surface area contributed by atoms with E-state index in [0.29, 0.717) is 18.7 Å². The predicted molar refractivity (Wildman–Crippen MR) is 191 cm³/mol. The topological polar surface area (TPSA) is 88.4 Å². The summed E-state index contributed by atoms with van der Waals surface area (Å²) in [5, 5.41) is 4.02. The minimum atomic E-state index is -3.50. The van der Waals surface area contributed by atoms with Gasteiger partial charge in [0.1, 0.15) is 12.1 Å². The number of amides is 1. The highest BCUT2D eigenvalue weighted by Crippen LogP contribution is 2.15. The molecule has 2 N–H and O–H groups in total. The molecular weight excluding hydrogens is 603 g/mol. The Balaban J connectivity index is 1.65. The third kappa shape index (κ3) is 19.4. The monoisotopic (exact) mass is 664 g/mol. The first kappa shape index (κ1) is 39.3. The molecular formula is C36H62N3O4S2+. The number of nitrogens with one attached hydrogen (secondary N) is 2. The number of para-hydroxylation sites is 1. The normalized spacial score (nSPS) is 12.8. The number of carbonyl (C=O) groups excluding carboxylic acids is 1. The summed E-state index contributed by atoms with van der Waals surface area (Å²) in [6.45, 7) is 8.49. The number of unbranched alkanes of at least 4 members (excludes halogenated alkanes) is 13. The van der Waals surface area contributed by atoms with E-state index in [1.54, 1.807) is 11.8 Å². The van der Waals surface area contributed by atoms with Crippen molar-refractivity contribution >= 4 is 38.8 Å². The smallest absolute Gasteiger partial charge is 0.407 e. The van der Waals surface area contributed by atoms with Crippen molar-refractivity contribution in [2.45, 2.75) is 142 Å². The summed E-state index contributed by atoms with van der Waals surface area (Å²) in [4.78, 5) is 12.5. The standard InChI is InChI=1S/C36H61N3O4S2/c1-5-6-7-8-9-10-11-12-13-14-15-16-17-20-28-44-31-33(38-35(40)43-36(2,3)4)30-37-45(41,42)29-22-27-39-26-21-24-32-23-18-19-25-34(32)39/h18-19,21,23-26,33,37H,5-17,20,22,27-31H2,1-4H3/p+1. The van der Waals surface area contributed by atoms with Gasteiger partial charge in [0.05, 0.1) is 11.8 Å². The Kier molecular flexibility index (Phi) is 19.8. The van der Waals surface area contributed by atoms with E-state index >= 15 is 0 Å². The second-order valence-corrected chi connectivity index (χ2v) is 16.4. The van der Waals surface area contributed by atoms with Crippen LogP contribution in [0.3, 0.4) is 0 Å². The lowest BCUT2D eigenvalue weighted by atomic mass is 10.0. The molecule has 1 aromatic heterocycles. The third-order valence-corrected chi connectivity index (χ3v) is 10.5. The van der Waals surface area contributed by atoms with Gasteiger partial charge in [-0.25, -0.2) is 17.9 Å². The number of aryl methyl sites for hydroxylation is 1. The van der Waals surface area contributed by atoms with Crippen molar-refractivity contribution in [3.05, 3.63) is 42.6 Å². The molecule has 1 amide bonds. The number of hydrogen-bond donors (Lipinski definition) is 2. The van der Waals surface area contributed by atoms with Crippen LogP contribution in [0.1, 0.15) is 124 Å². The second kappa shape index (κ2) is 22.6. The summed E-state index contributed by atoms with van der Waals surface area (Å²) in [6.07, 6.45) is 20.7. The number of sulfonamides is 1. The molecule has 2 aromatic rings.